The molecule has 0 unspecified atom stereocenters. The number of nitrogens with zero attached hydrogens (tertiary/aromatic N) is 1. The van der Waals surface area contributed by atoms with Crippen molar-refractivity contribution in [2.24, 2.45) is 0 Å². The average Bonchev–Trinajstić information content (AvgIpc) is 2.55. The standard InChI is InChI=1S/C19H22N2O4/c1-5-25-15-10-11-16(17(12-15)21(23)24)20-18(22)13-6-8-14(9-7-13)19(2,3)4/h6-12H,5H2,1-4H3,(H,20,22). The molecule has 0 aliphatic heterocycles. The van der Waals surface area contributed by atoms with Crippen LogP contribution in [0.25, 0.3) is 0 Å². The van der Waals surface area contributed by atoms with Crippen molar-refractivity contribution < 1.29 is 14.5 Å². The van der Waals surface area contributed by atoms with E-state index in [0.717, 1.165) is 5.56 Å². The van der Waals surface area contributed by atoms with Crippen LogP contribution in [0.3, 0.4) is 0 Å². The van der Waals surface area contributed by atoms with E-state index in [1.807, 2.05) is 12.1 Å². The van der Waals surface area contributed by atoms with Crippen molar-refractivity contribution in [3.05, 3.63) is 63.7 Å². The van der Waals surface area contributed by atoms with Gasteiger partial charge in [0.05, 0.1) is 17.6 Å². The van der Waals surface area contributed by atoms with E-state index in [1.165, 1.54) is 12.1 Å². The van der Waals surface area contributed by atoms with Gasteiger partial charge < -0.3 is 10.1 Å². The second-order valence-corrected chi connectivity index (χ2v) is 6.65. The molecule has 0 aromatic heterocycles. The first-order valence-electron chi connectivity index (χ1n) is 8.05. The molecule has 6 heteroatoms. The Balaban J connectivity index is 2.24. The highest BCUT2D eigenvalue weighted by Crippen LogP contribution is 2.30. The molecule has 0 saturated carbocycles. The Bertz CT molecular complexity index is 777. The third-order valence-corrected chi connectivity index (χ3v) is 3.74. The smallest absolute Gasteiger partial charge is 0.296 e. The predicted molar refractivity (Wildman–Crippen MR) is 97.4 cm³/mol. The zero-order valence-corrected chi connectivity index (χ0v) is 14.8. The highest BCUT2D eigenvalue weighted by Gasteiger charge is 2.19. The van der Waals surface area contributed by atoms with Crippen molar-refractivity contribution in [3.63, 3.8) is 0 Å². The van der Waals surface area contributed by atoms with Gasteiger partial charge in [0.15, 0.2) is 0 Å². The fraction of sp³-hybridized carbons (Fsp3) is 0.316. The van der Waals surface area contributed by atoms with E-state index in [9.17, 15) is 14.9 Å². The number of nitro groups is 1. The van der Waals surface area contributed by atoms with Gasteiger partial charge in [-0.1, -0.05) is 32.9 Å². The largest absolute Gasteiger partial charge is 0.494 e. The zero-order valence-electron chi connectivity index (χ0n) is 14.8. The second kappa shape index (κ2) is 7.34. The number of anilines is 1. The molecule has 1 N–H and O–H groups in total. The molecule has 132 valence electrons. The highest BCUT2D eigenvalue weighted by atomic mass is 16.6. The molecule has 0 atom stereocenters. The Morgan fingerprint density at radius 3 is 2.32 bits per heavy atom. The van der Waals surface area contributed by atoms with Crippen LogP contribution in [0.15, 0.2) is 42.5 Å². The lowest BCUT2D eigenvalue weighted by atomic mass is 9.87. The maximum absolute atomic E-state index is 12.4. The topological polar surface area (TPSA) is 81.5 Å². The van der Waals surface area contributed by atoms with Gasteiger partial charge >= 0.3 is 0 Å². The Labute approximate surface area is 147 Å². The van der Waals surface area contributed by atoms with Crippen LogP contribution in [-0.4, -0.2) is 17.4 Å². The lowest BCUT2D eigenvalue weighted by molar-refractivity contribution is -0.384. The summed E-state index contributed by atoms with van der Waals surface area (Å²) in [5.74, 6) is -0.00514. The highest BCUT2D eigenvalue weighted by molar-refractivity contribution is 6.05. The van der Waals surface area contributed by atoms with Crippen LogP contribution in [0.5, 0.6) is 5.75 Å². The molecule has 0 spiro atoms. The molecule has 0 aliphatic rings. The van der Waals surface area contributed by atoms with Gasteiger partial charge in [0.1, 0.15) is 11.4 Å². The summed E-state index contributed by atoms with van der Waals surface area (Å²) in [4.78, 5) is 23.1. The number of carbonyl (C=O) groups is 1. The van der Waals surface area contributed by atoms with E-state index < -0.39 is 10.8 Å². The molecule has 2 aromatic rings. The maximum Gasteiger partial charge on any atom is 0.296 e. The maximum atomic E-state index is 12.4. The molecular formula is C19H22N2O4. The number of hydrogen-bond acceptors (Lipinski definition) is 4. The van der Waals surface area contributed by atoms with Gasteiger partial charge in [-0.2, -0.15) is 0 Å². The van der Waals surface area contributed by atoms with Crippen LogP contribution in [0.4, 0.5) is 11.4 Å². The average molecular weight is 342 g/mol. The minimum Gasteiger partial charge on any atom is -0.494 e. The van der Waals surface area contributed by atoms with Crippen molar-refractivity contribution in [1.82, 2.24) is 0 Å². The first-order chi connectivity index (χ1) is 11.7. The SMILES string of the molecule is CCOc1ccc(NC(=O)c2ccc(C(C)(C)C)cc2)c([N+](=O)[O-])c1. The summed E-state index contributed by atoms with van der Waals surface area (Å²) in [5, 5.41) is 13.8. The molecule has 0 aliphatic carbocycles. The fourth-order valence-corrected chi connectivity index (χ4v) is 2.34. The van der Waals surface area contributed by atoms with Crippen molar-refractivity contribution >= 4 is 17.3 Å². The second-order valence-electron chi connectivity index (χ2n) is 6.65. The van der Waals surface area contributed by atoms with Crippen LogP contribution in [0.1, 0.15) is 43.6 Å². The Morgan fingerprint density at radius 2 is 1.80 bits per heavy atom. The first kappa shape index (κ1) is 18.4. The van der Waals surface area contributed by atoms with E-state index in [2.05, 4.69) is 26.1 Å². The summed E-state index contributed by atoms with van der Waals surface area (Å²) in [6.07, 6.45) is 0. The Kier molecular flexibility index (Phi) is 5.41. The number of hydrogen-bond donors (Lipinski definition) is 1. The number of benzene rings is 2. The number of carbonyl (C=O) groups excluding carboxylic acids is 1. The molecule has 6 nitrogen and oxygen atoms in total. The lowest BCUT2D eigenvalue weighted by Gasteiger charge is -2.19. The van der Waals surface area contributed by atoms with Gasteiger partial charge in [0.2, 0.25) is 0 Å². The minimum absolute atomic E-state index is 0.0110. The Morgan fingerprint density at radius 1 is 1.16 bits per heavy atom. The molecule has 2 aromatic carbocycles. The van der Waals surface area contributed by atoms with Crippen LogP contribution in [-0.2, 0) is 5.41 Å². The van der Waals surface area contributed by atoms with Gasteiger partial charge in [-0.15, -0.1) is 0 Å². The van der Waals surface area contributed by atoms with Crippen LogP contribution < -0.4 is 10.1 Å². The first-order valence-corrected chi connectivity index (χ1v) is 8.05. The molecule has 0 saturated heterocycles. The summed E-state index contributed by atoms with van der Waals surface area (Å²) in [6, 6.07) is 11.6. The van der Waals surface area contributed by atoms with Crippen LogP contribution in [0, 0.1) is 10.1 Å². The molecule has 1 amide bonds. The van der Waals surface area contributed by atoms with Gasteiger partial charge in [-0.25, -0.2) is 0 Å². The normalized spacial score (nSPS) is 11.0. The number of amides is 1. The van der Waals surface area contributed by atoms with E-state index in [1.54, 1.807) is 25.1 Å². The molecule has 0 heterocycles. The van der Waals surface area contributed by atoms with Crippen LogP contribution >= 0.6 is 0 Å². The van der Waals surface area contributed by atoms with Gasteiger partial charge in [-0.05, 0) is 42.2 Å². The van der Waals surface area contributed by atoms with E-state index in [0.29, 0.717) is 17.9 Å². The molecule has 2 rings (SSSR count). The third-order valence-electron chi connectivity index (χ3n) is 3.74. The van der Waals surface area contributed by atoms with Crippen molar-refractivity contribution in [3.8, 4) is 5.75 Å². The summed E-state index contributed by atoms with van der Waals surface area (Å²) in [6.45, 7) is 8.47. The van der Waals surface area contributed by atoms with Gasteiger partial charge in [0.25, 0.3) is 11.6 Å². The van der Waals surface area contributed by atoms with E-state index >= 15 is 0 Å². The molecule has 25 heavy (non-hydrogen) atoms. The monoisotopic (exact) mass is 342 g/mol. The van der Waals surface area contributed by atoms with Crippen LogP contribution in [0.2, 0.25) is 0 Å². The van der Waals surface area contributed by atoms with Crippen molar-refractivity contribution in [2.75, 3.05) is 11.9 Å². The molecule has 0 radical (unpaired) electrons. The lowest BCUT2D eigenvalue weighted by Crippen LogP contribution is -2.15. The fourth-order valence-electron chi connectivity index (χ4n) is 2.34. The number of rotatable bonds is 5. The summed E-state index contributed by atoms with van der Waals surface area (Å²) >= 11 is 0. The van der Waals surface area contributed by atoms with Gasteiger partial charge in [-0.3, -0.25) is 14.9 Å². The summed E-state index contributed by atoms with van der Waals surface area (Å²) < 4.78 is 5.27. The number of nitro benzene ring substituents is 1. The zero-order chi connectivity index (χ0) is 18.6. The van der Waals surface area contributed by atoms with Gasteiger partial charge in [0, 0.05) is 5.56 Å². The Hall–Kier alpha value is -2.89. The van der Waals surface area contributed by atoms with E-state index in [-0.39, 0.29) is 16.8 Å². The minimum atomic E-state index is -0.541. The van der Waals surface area contributed by atoms with Crippen molar-refractivity contribution in [1.29, 1.82) is 0 Å². The molecule has 0 bridgehead atoms. The summed E-state index contributed by atoms with van der Waals surface area (Å²) in [5.41, 5.74) is 1.47. The third kappa shape index (κ3) is 4.56. The predicted octanol–water partition coefficient (Wildman–Crippen LogP) is 4.54. The number of nitrogens with one attached hydrogen (secondary N) is 1. The van der Waals surface area contributed by atoms with Crippen molar-refractivity contribution in [2.45, 2.75) is 33.1 Å². The number of ether oxygens (including phenoxy) is 1. The quantitative estimate of drug-likeness (QED) is 0.639. The summed E-state index contributed by atoms with van der Waals surface area (Å²) in [7, 11) is 0. The molecular weight excluding hydrogens is 320 g/mol. The van der Waals surface area contributed by atoms with E-state index in [4.69, 9.17) is 4.74 Å². The molecule has 0 fully saturated rings.